The Balaban J connectivity index is 2.51. The van der Waals surface area contributed by atoms with E-state index in [0.29, 0.717) is 0 Å². The van der Waals surface area contributed by atoms with Crippen molar-refractivity contribution >= 4 is 5.78 Å². The maximum absolute atomic E-state index is 11.3. The first kappa shape index (κ1) is 11.9. The Morgan fingerprint density at radius 1 is 1.47 bits per heavy atom. The van der Waals surface area contributed by atoms with E-state index in [1.165, 1.54) is 0 Å². The van der Waals surface area contributed by atoms with Crippen molar-refractivity contribution in [3.05, 3.63) is 30.1 Å². The summed E-state index contributed by atoms with van der Waals surface area (Å²) in [5, 5.41) is 0. The molecule has 3 nitrogen and oxygen atoms in total. The molecule has 0 spiro atoms. The number of carbonyl (C=O) groups excluding carboxylic acids is 1. The first-order valence-corrected chi connectivity index (χ1v) is 5.18. The lowest BCUT2D eigenvalue weighted by Gasteiger charge is -2.21. The Bertz CT molecular complexity index is 309. The smallest absolute Gasteiger partial charge is 0.146 e. The topological polar surface area (TPSA) is 33.2 Å². The number of hydrogen-bond donors (Lipinski definition) is 0. The Hall–Kier alpha value is -1.22. The highest BCUT2D eigenvalue weighted by Crippen LogP contribution is 2.06. The van der Waals surface area contributed by atoms with Crippen molar-refractivity contribution in [3.8, 4) is 0 Å². The minimum atomic E-state index is 0.00649. The van der Waals surface area contributed by atoms with E-state index >= 15 is 0 Å². The molecule has 1 atom stereocenters. The number of carbonyl (C=O) groups is 1. The quantitative estimate of drug-likeness (QED) is 0.732. The molecule has 0 saturated heterocycles. The van der Waals surface area contributed by atoms with Gasteiger partial charge in [0.25, 0.3) is 0 Å². The van der Waals surface area contributed by atoms with Gasteiger partial charge in [-0.05, 0) is 46.0 Å². The van der Waals surface area contributed by atoms with E-state index in [-0.39, 0.29) is 11.8 Å². The van der Waals surface area contributed by atoms with Crippen LogP contribution in [-0.2, 0) is 11.2 Å². The van der Waals surface area contributed by atoms with Gasteiger partial charge in [0.1, 0.15) is 5.78 Å². The van der Waals surface area contributed by atoms with Crippen molar-refractivity contribution in [1.82, 2.24) is 9.88 Å². The monoisotopic (exact) mass is 206 g/mol. The Morgan fingerprint density at radius 2 is 2.20 bits per heavy atom. The van der Waals surface area contributed by atoms with Gasteiger partial charge in [-0.25, -0.2) is 0 Å². The molecule has 1 rings (SSSR count). The molecule has 0 aliphatic heterocycles. The summed E-state index contributed by atoms with van der Waals surface area (Å²) < 4.78 is 0. The van der Waals surface area contributed by atoms with Crippen LogP contribution in [0.4, 0.5) is 0 Å². The number of hydrogen-bond acceptors (Lipinski definition) is 3. The number of Topliss-reactive ketones (excluding diaryl/α,β-unsaturated/α-hetero) is 1. The molecule has 3 heteroatoms. The first-order chi connectivity index (χ1) is 7.11. The highest BCUT2D eigenvalue weighted by atomic mass is 16.1. The minimum absolute atomic E-state index is 0.00649. The van der Waals surface area contributed by atoms with Gasteiger partial charge in [0.05, 0.1) is 6.04 Å². The molecule has 0 saturated carbocycles. The van der Waals surface area contributed by atoms with Crippen LogP contribution in [0.1, 0.15) is 19.0 Å². The van der Waals surface area contributed by atoms with E-state index in [4.69, 9.17) is 0 Å². The molecule has 0 aromatic carbocycles. The number of aryl methyl sites for hydroxylation is 1. The lowest BCUT2D eigenvalue weighted by Crippen LogP contribution is -2.34. The molecule has 0 radical (unpaired) electrons. The molecular weight excluding hydrogens is 188 g/mol. The maximum Gasteiger partial charge on any atom is 0.146 e. The van der Waals surface area contributed by atoms with Crippen LogP contribution in [0, 0.1) is 0 Å². The van der Waals surface area contributed by atoms with E-state index in [1.54, 1.807) is 13.1 Å². The van der Waals surface area contributed by atoms with E-state index < -0.39 is 0 Å². The minimum Gasteiger partial charge on any atom is -0.300 e. The van der Waals surface area contributed by atoms with Gasteiger partial charge in [-0.15, -0.1) is 0 Å². The standard InChI is InChI=1S/C12H18N2O/c1-10(15)12(14(2)3)8-7-11-6-4-5-9-13-11/h4-6,9,12H,7-8H2,1-3H3/t12-/m0/s1. The number of pyridine rings is 1. The zero-order valence-electron chi connectivity index (χ0n) is 9.60. The third kappa shape index (κ3) is 3.80. The zero-order chi connectivity index (χ0) is 11.3. The summed E-state index contributed by atoms with van der Waals surface area (Å²) in [4.78, 5) is 17.5. The van der Waals surface area contributed by atoms with Gasteiger partial charge in [0.2, 0.25) is 0 Å². The van der Waals surface area contributed by atoms with Gasteiger partial charge in [-0.1, -0.05) is 6.07 Å². The molecule has 15 heavy (non-hydrogen) atoms. The number of likely N-dealkylation sites (N-methyl/N-ethyl adjacent to an activating group) is 1. The molecule has 0 aliphatic carbocycles. The van der Waals surface area contributed by atoms with Gasteiger partial charge < -0.3 is 0 Å². The fourth-order valence-corrected chi connectivity index (χ4v) is 1.66. The lowest BCUT2D eigenvalue weighted by atomic mass is 10.1. The van der Waals surface area contributed by atoms with Crippen LogP contribution in [0.2, 0.25) is 0 Å². The van der Waals surface area contributed by atoms with E-state index in [1.807, 2.05) is 37.2 Å². The maximum atomic E-state index is 11.3. The second-order valence-corrected chi connectivity index (χ2v) is 3.95. The summed E-state index contributed by atoms with van der Waals surface area (Å²) in [6.45, 7) is 1.64. The average molecular weight is 206 g/mol. The van der Waals surface area contributed by atoms with Crippen LogP contribution >= 0.6 is 0 Å². The van der Waals surface area contributed by atoms with E-state index in [9.17, 15) is 4.79 Å². The molecule has 1 aromatic rings. The van der Waals surface area contributed by atoms with Gasteiger partial charge >= 0.3 is 0 Å². The van der Waals surface area contributed by atoms with Crippen molar-refractivity contribution in [2.45, 2.75) is 25.8 Å². The molecule has 0 bridgehead atoms. The molecule has 0 amide bonds. The predicted molar refractivity (Wildman–Crippen MR) is 60.7 cm³/mol. The second kappa shape index (κ2) is 5.61. The second-order valence-electron chi connectivity index (χ2n) is 3.95. The van der Waals surface area contributed by atoms with Crippen molar-refractivity contribution in [3.63, 3.8) is 0 Å². The van der Waals surface area contributed by atoms with Gasteiger partial charge in [0.15, 0.2) is 0 Å². The van der Waals surface area contributed by atoms with Crippen molar-refractivity contribution in [2.24, 2.45) is 0 Å². The molecule has 1 heterocycles. The van der Waals surface area contributed by atoms with Crippen LogP contribution in [-0.4, -0.2) is 35.8 Å². The summed E-state index contributed by atoms with van der Waals surface area (Å²) in [5.74, 6) is 0.218. The molecule has 0 fully saturated rings. The van der Waals surface area contributed by atoms with E-state index in [2.05, 4.69) is 4.98 Å². The van der Waals surface area contributed by atoms with Crippen LogP contribution in [0.25, 0.3) is 0 Å². The molecule has 1 aromatic heterocycles. The third-order valence-corrected chi connectivity index (χ3v) is 2.49. The summed E-state index contributed by atoms with van der Waals surface area (Å²) in [5.41, 5.74) is 1.05. The Labute approximate surface area is 91.1 Å². The largest absolute Gasteiger partial charge is 0.300 e. The number of nitrogens with zero attached hydrogens (tertiary/aromatic N) is 2. The van der Waals surface area contributed by atoms with Gasteiger partial charge in [-0.3, -0.25) is 14.7 Å². The highest BCUT2D eigenvalue weighted by molar-refractivity contribution is 5.81. The molecular formula is C12H18N2O. The SMILES string of the molecule is CC(=O)[C@H](CCc1ccccn1)N(C)C. The van der Waals surface area contributed by atoms with Gasteiger partial charge in [-0.2, -0.15) is 0 Å². The summed E-state index contributed by atoms with van der Waals surface area (Å²) in [6, 6.07) is 5.87. The molecule has 0 N–H and O–H groups in total. The summed E-state index contributed by atoms with van der Waals surface area (Å²) in [7, 11) is 3.87. The molecule has 0 aliphatic rings. The van der Waals surface area contributed by atoms with Crippen molar-refractivity contribution in [1.29, 1.82) is 0 Å². The molecule has 82 valence electrons. The fraction of sp³-hybridized carbons (Fsp3) is 0.500. The summed E-state index contributed by atoms with van der Waals surface area (Å²) in [6.07, 6.45) is 3.47. The van der Waals surface area contributed by atoms with Gasteiger partial charge in [0, 0.05) is 11.9 Å². The lowest BCUT2D eigenvalue weighted by molar-refractivity contribution is -0.121. The van der Waals surface area contributed by atoms with Crippen molar-refractivity contribution < 1.29 is 4.79 Å². The number of aromatic nitrogens is 1. The Morgan fingerprint density at radius 3 is 2.67 bits per heavy atom. The Kier molecular flexibility index (Phi) is 4.43. The summed E-state index contributed by atoms with van der Waals surface area (Å²) >= 11 is 0. The zero-order valence-corrected chi connectivity index (χ0v) is 9.60. The van der Waals surface area contributed by atoms with Crippen LogP contribution < -0.4 is 0 Å². The number of ketones is 1. The molecule has 0 unspecified atom stereocenters. The van der Waals surface area contributed by atoms with E-state index in [0.717, 1.165) is 18.5 Å². The normalized spacial score (nSPS) is 12.8. The highest BCUT2D eigenvalue weighted by Gasteiger charge is 2.16. The van der Waals surface area contributed by atoms with Crippen molar-refractivity contribution in [2.75, 3.05) is 14.1 Å². The van der Waals surface area contributed by atoms with Crippen LogP contribution in [0.3, 0.4) is 0 Å². The first-order valence-electron chi connectivity index (χ1n) is 5.18. The average Bonchev–Trinajstić information content (AvgIpc) is 2.18. The third-order valence-electron chi connectivity index (χ3n) is 2.49. The fourth-order valence-electron chi connectivity index (χ4n) is 1.66. The van der Waals surface area contributed by atoms with Crippen LogP contribution in [0.5, 0.6) is 0 Å². The van der Waals surface area contributed by atoms with Crippen LogP contribution in [0.15, 0.2) is 24.4 Å². The predicted octanol–water partition coefficient (Wildman–Crippen LogP) is 1.53. The number of rotatable bonds is 5.